The van der Waals surface area contributed by atoms with Gasteiger partial charge in [-0.3, -0.25) is 4.98 Å². The van der Waals surface area contributed by atoms with Crippen molar-refractivity contribution >= 4 is 10.9 Å². The first kappa shape index (κ1) is 12.4. The number of para-hydroxylation sites is 1. The van der Waals surface area contributed by atoms with Crippen molar-refractivity contribution in [3.8, 4) is 5.75 Å². The third kappa shape index (κ3) is 3.67. The van der Waals surface area contributed by atoms with Gasteiger partial charge < -0.3 is 10.1 Å². The molecule has 1 aromatic heterocycles. The average molecular weight is 256 g/mol. The molecule has 1 fully saturated rings. The van der Waals surface area contributed by atoms with Crippen LogP contribution in [0.25, 0.3) is 10.9 Å². The van der Waals surface area contributed by atoms with E-state index < -0.39 is 0 Å². The van der Waals surface area contributed by atoms with Gasteiger partial charge in [-0.25, -0.2) is 0 Å². The minimum atomic E-state index is 0.770. The first-order chi connectivity index (χ1) is 9.42. The Morgan fingerprint density at radius 2 is 2.11 bits per heavy atom. The van der Waals surface area contributed by atoms with Gasteiger partial charge in [0.25, 0.3) is 0 Å². The van der Waals surface area contributed by atoms with E-state index in [1.54, 1.807) is 0 Å². The summed E-state index contributed by atoms with van der Waals surface area (Å²) in [5, 5.41) is 4.65. The van der Waals surface area contributed by atoms with E-state index in [0.717, 1.165) is 42.3 Å². The molecule has 0 bridgehead atoms. The first-order valence-corrected chi connectivity index (χ1v) is 7.13. The van der Waals surface area contributed by atoms with Crippen molar-refractivity contribution in [1.82, 2.24) is 10.3 Å². The Labute approximate surface area is 114 Å². The minimum Gasteiger partial charge on any atom is -0.492 e. The molecule has 0 aliphatic heterocycles. The summed E-state index contributed by atoms with van der Waals surface area (Å²) in [7, 11) is 0. The summed E-state index contributed by atoms with van der Waals surface area (Å²) in [6, 6.07) is 11.0. The van der Waals surface area contributed by atoms with Crippen LogP contribution in [-0.2, 0) is 0 Å². The fraction of sp³-hybridized carbons (Fsp3) is 0.438. The standard InChI is InChI=1S/C16H20N2O/c1-2-6-16-13(5-1)11-15(12-18-16)19-10-4-3-9-17-14-7-8-14/h1-2,5-6,11-12,14,17H,3-4,7-10H2. The van der Waals surface area contributed by atoms with Crippen molar-refractivity contribution in [2.45, 2.75) is 31.7 Å². The van der Waals surface area contributed by atoms with Crippen molar-refractivity contribution in [3.63, 3.8) is 0 Å². The van der Waals surface area contributed by atoms with Crippen LogP contribution in [0.4, 0.5) is 0 Å². The summed E-state index contributed by atoms with van der Waals surface area (Å²) in [6.45, 7) is 1.89. The fourth-order valence-electron chi connectivity index (χ4n) is 2.14. The lowest BCUT2D eigenvalue weighted by molar-refractivity contribution is 0.305. The summed E-state index contributed by atoms with van der Waals surface area (Å²) >= 11 is 0. The molecule has 2 aromatic rings. The van der Waals surface area contributed by atoms with Crippen molar-refractivity contribution < 1.29 is 4.74 Å². The van der Waals surface area contributed by atoms with Gasteiger partial charge in [-0.05, 0) is 44.4 Å². The molecule has 100 valence electrons. The van der Waals surface area contributed by atoms with Crippen LogP contribution in [0.5, 0.6) is 5.75 Å². The molecule has 1 aliphatic carbocycles. The molecule has 0 unspecified atom stereocenters. The number of nitrogens with one attached hydrogen (secondary N) is 1. The van der Waals surface area contributed by atoms with E-state index >= 15 is 0 Å². The molecular weight excluding hydrogens is 236 g/mol. The van der Waals surface area contributed by atoms with Gasteiger partial charge in [-0.2, -0.15) is 0 Å². The lowest BCUT2D eigenvalue weighted by Gasteiger charge is -2.07. The number of benzene rings is 1. The maximum atomic E-state index is 5.75. The number of unbranched alkanes of at least 4 members (excludes halogenated alkanes) is 1. The average Bonchev–Trinajstić information content (AvgIpc) is 3.27. The predicted octanol–water partition coefficient (Wildman–Crippen LogP) is 3.15. The molecule has 1 aromatic carbocycles. The summed E-state index contributed by atoms with van der Waals surface area (Å²) in [4.78, 5) is 4.39. The number of fused-ring (bicyclic) bond motifs is 1. The molecule has 3 nitrogen and oxygen atoms in total. The molecule has 0 amide bonds. The molecular formula is C16H20N2O. The van der Waals surface area contributed by atoms with Gasteiger partial charge in [0.1, 0.15) is 5.75 Å². The maximum absolute atomic E-state index is 5.75. The monoisotopic (exact) mass is 256 g/mol. The normalized spacial score (nSPS) is 14.7. The van der Waals surface area contributed by atoms with Gasteiger partial charge in [0.2, 0.25) is 0 Å². The van der Waals surface area contributed by atoms with Crippen LogP contribution in [0.15, 0.2) is 36.5 Å². The van der Waals surface area contributed by atoms with Crippen molar-refractivity contribution in [1.29, 1.82) is 0 Å². The van der Waals surface area contributed by atoms with Gasteiger partial charge in [0.05, 0.1) is 18.3 Å². The Bertz CT molecular complexity index is 537. The van der Waals surface area contributed by atoms with Crippen molar-refractivity contribution in [3.05, 3.63) is 36.5 Å². The summed E-state index contributed by atoms with van der Waals surface area (Å²) in [5.74, 6) is 0.869. The van der Waals surface area contributed by atoms with E-state index in [2.05, 4.69) is 22.4 Å². The number of rotatable bonds is 7. The Kier molecular flexibility index (Phi) is 3.94. The van der Waals surface area contributed by atoms with Gasteiger partial charge >= 0.3 is 0 Å². The quantitative estimate of drug-likeness (QED) is 0.773. The number of hydrogen-bond donors (Lipinski definition) is 1. The summed E-state index contributed by atoms with van der Waals surface area (Å²) in [6.07, 6.45) is 6.80. The van der Waals surface area contributed by atoms with Crippen LogP contribution in [0.3, 0.4) is 0 Å². The highest BCUT2D eigenvalue weighted by Gasteiger charge is 2.19. The van der Waals surface area contributed by atoms with E-state index in [0.29, 0.717) is 0 Å². The first-order valence-electron chi connectivity index (χ1n) is 7.13. The molecule has 1 aliphatic rings. The van der Waals surface area contributed by atoms with E-state index in [-0.39, 0.29) is 0 Å². The minimum absolute atomic E-state index is 0.770. The second-order valence-electron chi connectivity index (χ2n) is 5.15. The fourth-order valence-corrected chi connectivity index (χ4v) is 2.14. The molecule has 1 N–H and O–H groups in total. The Morgan fingerprint density at radius 3 is 3.00 bits per heavy atom. The molecule has 19 heavy (non-hydrogen) atoms. The van der Waals surface area contributed by atoms with Crippen LogP contribution in [0, 0.1) is 0 Å². The second-order valence-corrected chi connectivity index (χ2v) is 5.15. The predicted molar refractivity (Wildman–Crippen MR) is 77.5 cm³/mol. The third-order valence-electron chi connectivity index (χ3n) is 3.42. The Hall–Kier alpha value is -1.61. The number of aromatic nitrogens is 1. The van der Waals surface area contributed by atoms with Crippen LogP contribution in [-0.4, -0.2) is 24.2 Å². The lowest BCUT2D eigenvalue weighted by atomic mass is 10.2. The maximum Gasteiger partial charge on any atom is 0.138 e. The van der Waals surface area contributed by atoms with Gasteiger partial charge in [-0.15, -0.1) is 0 Å². The van der Waals surface area contributed by atoms with E-state index in [9.17, 15) is 0 Å². The summed E-state index contributed by atoms with van der Waals surface area (Å²) in [5.41, 5.74) is 1.02. The zero-order valence-electron chi connectivity index (χ0n) is 11.1. The van der Waals surface area contributed by atoms with Crippen LogP contribution in [0.1, 0.15) is 25.7 Å². The van der Waals surface area contributed by atoms with E-state index in [4.69, 9.17) is 4.74 Å². The highest BCUT2D eigenvalue weighted by atomic mass is 16.5. The highest BCUT2D eigenvalue weighted by Crippen LogP contribution is 2.19. The van der Waals surface area contributed by atoms with Gasteiger partial charge in [0.15, 0.2) is 0 Å². The summed E-state index contributed by atoms with van der Waals surface area (Å²) < 4.78 is 5.75. The number of nitrogens with zero attached hydrogens (tertiary/aromatic N) is 1. The Morgan fingerprint density at radius 1 is 1.21 bits per heavy atom. The number of ether oxygens (including phenoxy) is 1. The molecule has 3 rings (SSSR count). The molecule has 1 heterocycles. The van der Waals surface area contributed by atoms with E-state index in [1.165, 1.54) is 19.3 Å². The van der Waals surface area contributed by atoms with Crippen molar-refractivity contribution in [2.24, 2.45) is 0 Å². The smallest absolute Gasteiger partial charge is 0.138 e. The topological polar surface area (TPSA) is 34.1 Å². The zero-order valence-corrected chi connectivity index (χ0v) is 11.1. The van der Waals surface area contributed by atoms with Gasteiger partial charge in [-0.1, -0.05) is 18.2 Å². The molecule has 3 heteroatoms. The molecule has 0 spiro atoms. The number of pyridine rings is 1. The van der Waals surface area contributed by atoms with Crippen LogP contribution >= 0.6 is 0 Å². The van der Waals surface area contributed by atoms with E-state index in [1.807, 2.05) is 24.4 Å². The van der Waals surface area contributed by atoms with Crippen LogP contribution in [0.2, 0.25) is 0 Å². The van der Waals surface area contributed by atoms with Crippen molar-refractivity contribution in [2.75, 3.05) is 13.2 Å². The van der Waals surface area contributed by atoms with Gasteiger partial charge in [0, 0.05) is 11.4 Å². The third-order valence-corrected chi connectivity index (χ3v) is 3.42. The molecule has 0 atom stereocenters. The second kappa shape index (κ2) is 6.02. The molecule has 1 saturated carbocycles. The molecule has 0 saturated heterocycles. The Balaban J connectivity index is 1.42. The SMILES string of the molecule is c1ccc2ncc(OCCCCNC3CC3)cc2c1. The number of hydrogen-bond acceptors (Lipinski definition) is 3. The zero-order chi connectivity index (χ0) is 12.9. The largest absolute Gasteiger partial charge is 0.492 e. The molecule has 0 radical (unpaired) electrons. The van der Waals surface area contributed by atoms with Crippen LogP contribution < -0.4 is 10.1 Å². The highest BCUT2D eigenvalue weighted by molar-refractivity contribution is 5.79. The lowest BCUT2D eigenvalue weighted by Crippen LogP contribution is -2.17.